The summed E-state index contributed by atoms with van der Waals surface area (Å²) in [6.07, 6.45) is 5.81. The number of hydrogen-bond donors (Lipinski definition) is 0. The summed E-state index contributed by atoms with van der Waals surface area (Å²) in [5.74, 6) is 1.70. The minimum absolute atomic E-state index is 0.0354. The molecule has 2 fully saturated rings. The molecule has 1 aromatic rings. The molecule has 1 aliphatic carbocycles. The molecule has 0 spiro atoms. The van der Waals surface area contributed by atoms with E-state index >= 15 is 0 Å². The fraction of sp³-hybridized carbons (Fsp3) is 0.654. The molecule has 172 valence electrons. The van der Waals surface area contributed by atoms with Crippen LogP contribution in [-0.2, 0) is 25.6 Å². The van der Waals surface area contributed by atoms with Crippen molar-refractivity contribution in [2.45, 2.75) is 64.6 Å². The van der Waals surface area contributed by atoms with Crippen molar-refractivity contribution >= 4 is 5.97 Å². The molecule has 3 atom stereocenters. The second-order valence-electron chi connectivity index (χ2n) is 9.39. The minimum atomic E-state index is -0.641. The highest BCUT2D eigenvalue weighted by molar-refractivity contribution is 5.76. The second kappa shape index (κ2) is 10.6. The molecular weight excluding hydrogens is 392 g/mol. The van der Waals surface area contributed by atoms with Crippen LogP contribution in [0.3, 0.4) is 0 Å². The van der Waals surface area contributed by atoms with Crippen LogP contribution < -0.4 is 4.74 Å². The summed E-state index contributed by atoms with van der Waals surface area (Å²) in [7, 11) is 1.71. The van der Waals surface area contributed by atoms with E-state index in [-0.39, 0.29) is 23.7 Å². The molecule has 5 heteroatoms. The van der Waals surface area contributed by atoms with Crippen LogP contribution in [0, 0.1) is 17.8 Å². The molecule has 1 saturated heterocycles. The normalized spacial score (nSPS) is 24.3. The van der Waals surface area contributed by atoms with Crippen LogP contribution in [0.15, 0.2) is 30.9 Å². The van der Waals surface area contributed by atoms with E-state index in [0.29, 0.717) is 38.8 Å². The Balaban J connectivity index is 1.57. The van der Waals surface area contributed by atoms with Gasteiger partial charge in [-0.25, -0.2) is 0 Å². The molecule has 1 aliphatic heterocycles. The molecule has 0 amide bonds. The number of benzene rings is 1. The third-order valence-corrected chi connectivity index (χ3v) is 6.60. The van der Waals surface area contributed by atoms with Gasteiger partial charge >= 0.3 is 5.97 Å². The molecule has 31 heavy (non-hydrogen) atoms. The molecule has 0 bridgehead atoms. The molecule has 1 heterocycles. The van der Waals surface area contributed by atoms with Gasteiger partial charge in [0.15, 0.2) is 0 Å². The molecule has 5 nitrogen and oxygen atoms in total. The lowest BCUT2D eigenvalue weighted by Crippen LogP contribution is -2.36. The van der Waals surface area contributed by atoms with E-state index in [1.165, 1.54) is 18.4 Å². The van der Waals surface area contributed by atoms with Crippen LogP contribution in [0.1, 0.15) is 63.5 Å². The topological polar surface area (TPSA) is 54.0 Å². The Labute approximate surface area is 187 Å². The van der Waals surface area contributed by atoms with Gasteiger partial charge < -0.3 is 18.9 Å². The number of methoxy groups -OCH3 is 1. The first kappa shape index (κ1) is 23.8. The Kier molecular flexibility index (Phi) is 8.17. The second-order valence-corrected chi connectivity index (χ2v) is 9.39. The van der Waals surface area contributed by atoms with E-state index in [0.717, 1.165) is 17.7 Å². The van der Waals surface area contributed by atoms with Crippen LogP contribution >= 0.6 is 0 Å². The van der Waals surface area contributed by atoms with Gasteiger partial charge in [-0.2, -0.15) is 0 Å². The highest BCUT2D eigenvalue weighted by atomic mass is 16.6. The monoisotopic (exact) mass is 430 g/mol. The molecule has 1 aromatic carbocycles. The molecule has 1 unspecified atom stereocenters. The molecule has 0 radical (unpaired) electrons. The fourth-order valence-corrected chi connectivity index (χ4v) is 4.27. The quantitative estimate of drug-likeness (QED) is 0.242. The maximum atomic E-state index is 12.3. The van der Waals surface area contributed by atoms with Crippen LogP contribution in [-0.4, -0.2) is 38.5 Å². The lowest BCUT2D eigenvalue weighted by Gasteiger charge is -2.31. The first-order chi connectivity index (χ1) is 14.9. The molecule has 0 aromatic heterocycles. The SMILES string of the molecule is C=CC1([C@@H](C)COCc2ccc(C3CC3)c(OCCCOC)c2)C[C@@H](C(C)C)C(=O)O1. The predicted octanol–water partition coefficient (Wildman–Crippen LogP) is 5.28. The maximum Gasteiger partial charge on any atom is 0.310 e. The zero-order valence-corrected chi connectivity index (χ0v) is 19.5. The number of carbonyl (C=O) groups is 1. The summed E-state index contributed by atoms with van der Waals surface area (Å²) in [6.45, 7) is 12.5. The Bertz CT molecular complexity index is 754. The third kappa shape index (κ3) is 5.89. The van der Waals surface area contributed by atoms with E-state index < -0.39 is 5.60 Å². The van der Waals surface area contributed by atoms with Crippen molar-refractivity contribution in [2.75, 3.05) is 26.9 Å². The lowest BCUT2D eigenvalue weighted by atomic mass is 9.80. The van der Waals surface area contributed by atoms with E-state index in [4.69, 9.17) is 18.9 Å². The molecule has 1 saturated carbocycles. The van der Waals surface area contributed by atoms with Crippen molar-refractivity contribution in [1.29, 1.82) is 0 Å². The number of ether oxygens (including phenoxy) is 4. The zero-order valence-electron chi connectivity index (χ0n) is 19.5. The zero-order chi connectivity index (χ0) is 22.4. The van der Waals surface area contributed by atoms with E-state index in [1.54, 1.807) is 13.2 Å². The van der Waals surface area contributed by atoms with Gasteiger partial charge in [0.25, 0.3) is 0 Å². The van der Waals surface area contributed by atoms with Gasteiger partial charge in [0, 0.05) is 32.5 Å². The predicted molar refractivity (Wildman–Crippen MR) is 121 cm³/mol. The number of carbonyl (C=O) groups excluding carboxylic acids is 1. The maximum absolute atomic E-state index is 12.3. The summed E-state index contributed by atoms with van der Waals surface area (Å²) in [6, 6.07) is 6.43. The van der Waals surface area contributed by atoms with Gasteiger partial charge in [0.2, 0.25) is 0 Å². The van der Waals surface area contributed by atoms with Crippen LogP contribution in [0.2, 0.25) is 0 Å². The van der Waals surface area contributed by atoms with E-state index in [9.17, 15) is 4.79 Å². The summed E-state index contributed by atoms with van der Waals surface area (Å²) in [5.41, 5.74) is 1.75. The summed E-state index contributed by atoms with van der Waals surface area (Å²) < 4.78 is 23.0. The summed E-state index contributed by atoms with van der Waals surface area (Å²) >= 11 is 0. The van der Waals surface area contributed by atoms with Crippen LogP contribution in [0.5, 0.6) is 5.75 Å². The van der Waals surface area contributed by atoms with Gasteiger partial charge in [-0.15, -0.1) is 0 Å². The van der Waals surface area contributed by atoms with E-state index in [2.05, 4.69) is 45.5 Å². The van der Waals surface area contributed by atoms with Crippen molar-refractivity contribution in [3.05, 3.63) is 42.0 Å². The van der Waals surface area contributed by atoms with Crippen molar-refractivity contribution in [1.82, 2.24) is 0 Å². The Morgan fingerprint density at radius 1 is 1.26 bits per heavy atom. The smallest absolute Gasteiger partial charge is 0.310 e. The van der Waals surface area contributed by atoms with Gasteiger partial charge in [0.1, 0.15) is 11.4 Å². The highest BCUT2D eigenvalue weighted by Gasteiger charge is 2.49. The van der Waals surface area contributed by atoms with Gasteiger partial charge in [0.05, 0.1) is 25.7 Å². The molecule has 0 N–H and O–H groups in total. The third-order valence-electron chi connectivity index (χ3n) is 6.60. The van der Waals surface area contributed by atoms with Crippen LogP contribution in [0.25, 0.3) is 0 Å². The Morgan fingerprint density at radius 2 is 2.03 bits per heavy atom. The Morgan fingerprint density at radius 3 is 2.65 bits per heavy atom. The first-order valence-electron chi connectivity index (χ1n) is 11.6. The summed E-state index contributed by atoms with van der Waals surface area (Å²) in [5, 5.41) is 0. The lowest BCUT2D eigenvalue weighted by molar-refractivity contribution is -0.152. The van der Waals surface area contributed by atoms with Crippen LogP contribution in [0.4, 0.5) is 0 Å². The first-order valence-corrected chi connectivity index (χ1v) is 11.6. The van der Waals surface area contributed by atoms with Crippen molar-refractivity contribution in [3.63, 3.8) is 0 Å². The minimum Gasteiger partial charge on any atom is -0.493 e. The average molecular weight is 431 g/mol. The number of esters is 1. The number of hydrogen-bond acceptors (Lipinski definition) is 5. The molecule has 3 rings (SSSR count). The average Bonchev–Trinajstić information content (AvgIpc) is 3.53. The van der Waals surface area contributed by atoms with Gasteiger partial charge in [-0.3, -0.25) is 4.79 Å². The van der Waals surface area contributed by atoms with Gasteiger partial charge in [-0.1, -0.05) is 39.5 Å². The van der Waals surface area contributed by atoms with Crippen molar-refractivity contribution in [2.24, 2.45) is 17.8 Å². The summed E-state index contributed by atoms with van der Waals surface area (Å²) in [4.78, 5) is 12.3. The number of rotatable bonds is 13. The fourth-order valence-electron chi connectivity index (χ4n) is 4.27. The highest BCUT2D eigenvalue weighted by Crippen LogP contribution is 2.45. The van der Waals surface area contributed by atoms with Crippen molar-refractivity contribution in [3.8, 4) is 5.75 Å². The molecule has 2 aliphatic rings. The van der Waals surface area contributed by atoms with Gasteiger partial charge in [-0.05, 0) is 47.9 Å². The van der Waals surface area contributed by atoms with E-state index in [1.807, 2.05) is 0 Å². The largest absolute Gasteiger partial charge is 0.493 e. The Hall–Kier alpha value is -1.85. The van der Waals surface area contributed by atoms with Crippen molar-refractivity contribution < 1.29 is 23.7 Å². The number of cyclic esters (lactones) is 1. The standard InChI is InChI=1S/C26H38O5/c1-6-26(15-23(18(2)3)25(27)31-26)19(4)16-29-17-20-8-11-22(21-9-10-21)24(14-20)30-13-7-12-28-5/h6,8,11,14,18-19,21,23H,1,7,9-10,12-13,15-17H2,2-5H3/t19-,23-,26?/m0/s1. The molecular formula is C26H38O5.